The van der Waals surface area contributed by atoms with Gasteiger partial charge in [-0.3, -0.25) is 0 Å². The lowest BCUT2D eigenvalue weighted by Crippen LogP contribution is -2.48. The summed E-state index contributed by atoms with van der Waals surface area (Å²) in [6.07, 6.45) is 4.24. The second kappa shape index (κ2) is 7.40. The van der Waals surface area contributed by atoms with Crippen LogP contribution < -0.4 is 5.73 Å². The fourth-order valence-corrected chi connectivity index (χ4v) is 3.87. The lowest BCUT2D eigenvalue weighted by Gasteiger charge is -2.31. The average Bonchev–Trinajstić information content (AvgIpc) is 2.60. The Kier molecular flexibility index (Phi) is 6.51. The van der Waals surface area contributed by atoms with Gasteiger partial charge in [-0.15, -0.1) is 0 Å². The molecule has 0 saturated carbocycles. The van der Waals surface area contributed by atoms with Crippen LogP contribution in [0.3, 0.4) is 0 Å². The first-order valence-corrected chi connectivity index (χ1v) is 7.97. The van der Waals surface area contributed by atoms with E-state index >= 15 is 0 Å². The third-order valence-electron chi connectivity index (χ3n) is 3.40. The van der Waals surface area contributed by atoms with Crippen molar-refractivity contribution in [2.75, 3.05) is 33.3 Å². The summed E-state index contributed by atoms with van der Waals surface area (Å²) in [5.41, 5.74) is 5.40. The highest BCUT2D eigenvalue weighted by molar-refractivity contribution is 7.86. The minimum atomic E-state index is -3.47. The Morgan fingerprint density at radius 1 is 1.39 bits per heavy atom. The van der Waals surface area contributed by atoms with Crippen molar-refractivity contribution in [1.82, 2.24) is 8.61 Å². The molecule has 1 unspecified atom stereocenters. The summed E-state index contributed by atoms with van der Waals surface area (Å²) in [6.45, 7) is 1.29. The molecular weight excluding hydrogens is 254 g/mol. The van der Waals surface area contributed by atoms with Crippen molar-refractivity contribution in [3.63, 3.8) is 0 Å². The standard InChI is InChI=1S/C11H25N3O3S/c1-13(8-5-7-12)18(16,17)14-9-4-2-3-6-11(14)10-15/h11,15H,2-10,12H2,1H3. The van der Waals surface area contributed by atoms with E-state index in [1.54, 1.807) is 7.05 Å². The topological polar surface area (TPSA) is 86.9 Å². The van der Waals surface area contributed by atoms with Gasteiger partial charge < -0.3 is 10.8 Å². The molecule has 1 aliphatic rings. The smallest absolute Gasteiger partial charge is 0.282 e. The highest BCUT2D eigenvalue weighted by Crippen LogP contribution is 2.21. The second-order valence-electron chi connectivity index (χ2n) is 4.77. The average molecular weight is 279 g/mol. The predicted octanol–water partition coefficient (Wildman–Crippen LogP) is -0.251. The SMILES string of the molecule is CN(CCCN)S(=O)(=O)N1CCCCCC1CO. The van der Waals surface area contributed by atoms with Crippen molar-refractivity contribution in [2.24, 2.45) is 5.73 Å². The van der Waals surface area contributed by atoms with Crippen LogP contribution in [0.15, 0.2) is 0 Å². The molecule has 7 heteroatoms. The minimum absolute atomic E-state index is 0.107. The maximum absolute atomic E-state index is 12.4. The van der Waals surface area contributed by atoms with E-state index < -0.39 is 10.2 Å². The fourth-order valence-electron chi connectivity index (χ4n) is 2.25. The number of hydrogen-bond acceptors (Lipinski definition) is 4. The summed E-state index contributed by atoms with van der Waals surface area (Å²) in [5, 5.41) is 9.36. The van der Waals surface area contributed by atoms with Crippen molar-refractivity contribution in [3.8, 4) is 0 Å². The summed E-state index contributed by atoms with van der Waals surface area (Å²) in [6, 6.07) is -0.280. The first-order valence-electron chi connectivity index (χ1n) is 6.58. The molecule has 6 nitrogen and oxygen atoms in total. The molecule has 0 radical (unpaired) electrons. The molecule has 0 bridgehead atoms. The molecule has 1 atom stereocenters. The monoisotopic (exact) mass is 279 g/mol. The molecule has 0 aromatic carbocycles. The molecule has 0 amide bonds. The Morgan fingerprint density at radius 2 is 2.11 bits per heavy atom. The molecule has 0 aromatic rings. The zero-order valence-electron chi connectivity index (χ0n) is 11.1. The van der Waals surface area contributed by atoms with Crippen LogP contribution in [0.1, 0.15) is 32.1 Å². The van der Waals surface area contributed by atoms with Crippen molar-refractivity contribution < 1.29 is 13.5 Å². The normalized spacial score (nSPS) is 23.2. The number of hydrogen-bond donors (Lipinski definition) is 2. The Labute approximate surface area is 110 Å². The highest BCUT2D eigenvalue weighted by atomic mass is 32.2. The molecule has 108 valence electrons. The number of aliphatic hydroxyl groups excluding tert-OH is 1. The minimum Gasteiger partial charge on any atom is -0.395 e. The molecule has 3 N–H and O–H groups in total. The Bertz CT molecular complexity index is 334. The predicted molar refractivity (Wildman–Crippen MR) is 71.3 cm³/mol. The van der Waals surface area contributed by atoms with E-state index in [0.29, 0.717) is 26.1 Å². The van der Waals surface area contributed by atoms with Crippen molar-refractivity contribution in [2.45, 2.75) is 38.1 Å². The van der Waals surface area contributed by atoms with Crippen LogP contribution in [0.25, 0.3) is 0 Å². The van der Waals surface area contributed by atoms with Gasteiger partial charge in [0.05, 0.1) is 6.61 Å². The van der Waals surface area contributed by atoms with Gasteiger partial charge in [0.15, 0.2) is 0 Å². The van der Waals surface area contributed by atoms with Crippen molar-refractivity contribution in [3.05, 3.63) is 0 Å². The largest absolute Gasteiger partial charge is 0.395 e. The van der Waals surface area contributed by atoms with E-state index in [4.69, 9.17) is 5.73 Å². The summed E-state index contributed by atoms with van der Waals surface area (Å²) < 4.78 is 27.6. The van der Waals surface area contributed by atoms with Gasteiger partial charge >= 0.3 is 0 Å². The van der Waals surface area contributed by atoms with Crippen LogP contribution >= 0.6 is 0 Å². The summed E-state index contributed by atoms with van der Waals surface area (Å²) in [5.74, 6) is 0. The Balaban J connectivity index is 2.79. The first-order chi connectivity index (χ1) is 8.54. The Morgan fingerprint density at radius 3 is 2.72 bits per heavy atom. The number of rotatable bonds is 6. The van der Waals surface area contributed by atoms with Gasteiger partial charge in [-0.1, -0.05) is 12.8 Å². The maximum Gasteiger partial charge on any atom is 0.282 e. The van der Waals surface area contributed by atoms with Gasteiger partial charge in [0, 0.05) is 26.2 Å². The van der Waals surface area contributed by atoms with Crippen molar-refractivity contribution >= 4 is 10.2 Å². The van der Waals surface area contributed by atoms with Gasteiger partial charge in [0.1, 0.15) is 0 Å². The van der Waals surface area contributed by atoms with Crippen LogP contribution in [-0.2, 0) is 10.2 Å². The van der Waals surface area contributed by atoms with E-state index in [0.717, 1.165) is 25.7 Å². The number of aliphatic hydroxyl groups is 1. The maximum atomic E-state index is 12.4. The van der Waals surface area contributed by atoms with Gasteiger partial charge in [-0.25, -0.2) is 0 Å². The molecule has 1 heterocycles. The van der Waals surface area contributed by atoms with Gasteiger partial charge in [-0.2, -0.15) is 17.0 Å². The summed E-state index contributed by atoms with van der Waals surface area (Å²) in [7, 11) is -1.89. The zero-order chi connectivity index (χ0) is 13.6. The van der Waals surface area contributed by atoms with Crippen LogP contribution in [-0.4, -0.2) is 61.5 Å². The summed E-state index contributed by atoms with van der Waals surface area (Å²) >= 11 is 0. The highest BCUT2D eigenvalue weighted by Gasteiger charge is 2.33. The van der Waals surface area contributed by atoms with Crippen LogP contribution in [0.2, 0.25) is 0 Å². The third kappa shape index (κ3) is 3.89. The number of nitrogens with zero attached hydrogens (tertiary/aromatic N) is 2. The molecule has 18 heavy (non-hydrogen) atoms. The fraction of sp³-hybridized carbons (Fsp3) is 1.00. The molecule has 1 fully saturated rings. The van der Waals surface area contributed by atoms with Gasteiger partial charge in [0.25, 0.3) is 10.2 Å². The molecule has 1 saturated heterocycles. The summed E-state index contributed by atoms with van der Waals surface area (Å²) in [4.78, 5) is 0. The van der Waals surface area contributed by atoms with E-state index in [-0.39, 0.29) is 12.6 Å². The molecule has 1 rings (SSSR count). The van der Waals surface area contributed by atoms with E-state index in [1.807, 2.05) is 0 Å². The molecule has 0 aliphatic carbocycles. The van der Waals surface area contributed by atoms with Crippen LogP contribution in [0.4, 0.5) is 0 Å². The second-order valence-corrected chi connectivity index (χ2v) is 6.76. The Hall–Kier alpha value is -0.210. The van der Waals surface area contributed by atoms with Crippen LogP contribution in [0.5, 0.6) is 0 Å². The number of nitrogens with two attached hydrogens (primary N) is 1. The van der Waals surface area contributed by atoms with Gasteiger partial charge in [-0.05, 0) is 25.8 Å². The first kappa shape index (κ1) is 15.8. The lowest BCUT2D eigenvalue weighted by molar-refractivity contribution is 0.180. The molecule has 0 spiro atoms. The van der Waals surface area contributed by atoms with Crippen LogP contribution in [0, 0.1) is 0 Å². The molecule has 0 aromatic heterocycles. The van der Waals surface area contributed by atoms with E-state index in [9.17, 15) is 13.5 Å². The van der Waals surface area contributed by atoms with Crippen molar-refractivity contribution in [1.29, 1.82) is 0 Å². The molecular formula is C11H25N3O3S. The molecule has 1 aliphatic heterocycles. The third-order valence-corrected chi connectivity index (χ3v) is 5.44. The van der Waals surface area contributed by atoms with E-state index in [1.165, 1.54) is 8.61 Å². The van der Waals surface area contributed by atoms with Gasteiger partial charge in [0.2, 0.25) is 0 Å². The quantitative estimate of drug-likeness (QED) is 0.702. The van der Waals surface area contributed by atoms with E-state index in [2.05, 4.69) is 0 Å². The zero-order valence-corrected chi connectivity index (χ0v) is 11.9. The lowest BCUT2D eigenvalue weighted by atomic mass is 10.1.